The fourth-order valence-electron chi connectivity index (χ4n) is 3.17. The van der Waals surface area contributed by atoms with E-state index in [1.165, 1.54) is 0 Å². The molecule has 0 amide bonds. The van der Waals surface area contributed by atoms with Crippen molar-refractivity contribution in [3.63, 3.8) is 0 Å². The Morgan fingerprint density at radius 1 is 0.852 bits per heavy atom. The third-order valence-corrected chi connectivity index (χ3v) is 5.01. The van der Waals surface area contributed by atoms with Gasteiger partial charge in [-0.05, 0) is 42.0 Å². The zero-order chi connectivity index (χ0) is 18.8. The van der Waals surface area contributed by atoms with E-state index >= 15 is 0 Å². The number of carbonyl (C=O) groups excluding carboxylic acids is 1. The predicted octanol–water partition coefficient (Wildman–Crippen LogP) is 4.66. The summed E-state index contributed by atoms with van der Waals surface area (Å²) in [6.07, 6.45) is 0. The van der Waals surface area contributed by atoms with Gasteiger partial charge in [-0.2, -0.15) is 0 Å². The van der Waals surface area contributed by atoms with Crippen LogP contribution in [0.3, 0.4) is 0 Å². The van der Waals surface area contributed by atoms with Gasteiger partial charge in [0.15, 0.2) is 5.43 Å². The number of aromatic nitrogens is 1. The maximum Gasteiger partial charge on any atom is 0.326 e. The van der Waals surface area contributed by atoms with Gasteiger partial charge < -0.3 is 9.30 Å². The Hall–Kier alpha value is -2.92. The van der Waals surface area contributed by atoms with Crippen LogP contribution in [-0.2, 0) is 22.7 Å². The molecule has 0 saturated heterocycles. The Labute approximate surface area is 164 Å². The van der Waals surface area contributed by atoms with Crippen LogP contribution in [0.15, 0.2) is 82.1 Å². The number of hydrogen-bond donors (Lipinski definition) is 0. The summed E-state index contributed by atoms with van der Waals surface area (Å²) in [7, 11) is 0. The molecule has 4 nitrogen and oxygen atoms in total. The molecule has 0 aliphatic rings. The number of nitrogens with zero attached hydrogens (tertiary/aromatic N) is 1. The molecule has 4 aromatic rings. The van der Waals surface area contributed by atoms with Crippen molar-refractivity contribution in [1.29, 1.82) is 0 Å². The van der Waals surface area contributed by atoms with Gasteiger partial charge in [0.05, 0.1) is 11.0 Å². The van der Waals surface area contributed by atoms with Crippen LogP contribution in [0, 0.1) is 0 Å². The summed E-state index contributed by atoms with van der Waals surface area (Å²) in [6, 6.07) is 22.3. The monoisotopic (exact) mass is 421 g/mol. The normalized spacial score (nSPS) is 11.0. The van der Waals surface area contributed by atoms with Crippen molar-refractivity contribution in [3.8, 4) is 0 Å². The van der Waals surface area contributed by atoms with E-state index in [1.807, 2.05) is 65.2 Å². The number of esters is 1. The number of pyridine rings is 1. The molecule has 0 aliphatic heterocycles. The van der Waals surface area contributed by atoms with Crippen LogP contribution in [0.2, 0.25) is 0 Å². The second-order valence-electron chi connectivity index (χ2n) is 6.24. The van der Waals surface area contributed by atoms with Gasteiger partial charge in [0.2, 0.25) is 0 Å². The average molecular weight is 422 g/mol. The topological polar surface area (TPSA) is 48.3 Å². The number of carbonyl (C=O) groups is 1. The summed E-state index contributed by atoms with van der Waals surface area (Å²) < 4.78 is 8.27. The molecule has 1 aromatic heterocycles. The smallest absolute Gasteiger partial charge is 0.326 e. The average Bonchev–Trinajstić information content (AvgIpc) is 2.71. The number of hydrogen-bond acceptors (Lipinski definition) is 3. The van der Waals surface area contributed by atoms with Crippen molar-refractivity contribution in [2.75, 3.05) is 0 Å². The van der Waals surface area contributed by atoms with Gasteiger partial charge in [0.25, 0.3) is 0 Å². The summed E-state index contributed by atoms with van der Waals surface area (Å²) in [6.45, 7) is 0.250. The molecular formula is C22H16BrNO3. The molecule has 0 aliphatic carbocycles. The summed E-state index contributed by atoms with van der Waals surface area (Å²) >= 11 is 3.38. The number of rotatable bonds is 4. The molecule has 4 rings (SSSR count). The molecule has 27 heavy (non-hydrogen) atoms. The van der Waals surface area contributed by atoms with Crippen molar-refractivity contribution < 1.29 is 9.53 Å². The number of halogens is 1. The van der Waals surface area contributed by atoms with Crippen LogP contribution >= 0.6 is 15.9 Å². The van der Waals surface area contributed by atoms with Gasteiger partial charge in [-0.3, -0.25) is 9.59 Å². The van der Waals surface area contributed by atoms with Crippen LogP contribution in [0.4, 0.5) is 0 Å². The Kier molecular flexibility index (Phi) is 4.77. The second-order valence-corrected chi connectivity index (χ2v) is 7.15. The molecule has 3 aromatic carbocycles. The van der Waals surface area contributed by atoms with Gasteiger partial charge in [-0.25, -0.2) is 0 Å². The maximum atomic E-state index is 12.7. The van der Waals surface area contributed by atoms with Crippen molar-refractivity contribution in [2.24, 2.45) is 0 Å². The molecule has 1 heterocycles. The van der Waals surface area contributed by atoms with Gasteiger partial charge in [0, 0.05) is 15.2 Å². The van der Waals surface area contributed by atoms with Crippen molar-refractivity contribution in [3.05, 3.63) is 93.1 Å². The van der Waals surface area contributed by atoms with Crippen molar-refractivity contribution in [1.82, 2.24) is 4.57 Å². The van der Waals surface area contributed by atoms with E-state index in [-0.39, 0.29) is 24.5 Å². The number of para-hydroxylation sites is 2. The fourth-order valence-corrected chi connectivity index (χ4v) is 3.43. The summed E-state index contributed by atoms with van der Waals surface area (Å²) in [5.41, 5.74) is 2.34. The lowest BCUT2D eigenvalue weighted by Crippen LogP contribution is -2.18. The minimum absolute atomic E-state index is 0.0271. The molecule has 0 saturated carbocycles. The van der Waals surface area contributed by atoms with Gasteiger partial charge >= 0.3 is 5.97 Å². The van der Waals surface area contributed by atoms with E-state index in [2.05, 4.69) is 15.9 Å². The zero-order valence-corrected chi connectivity index (χ0v) is 16.0. The minimum Gasteiger partial charge on any atom is -0.459 e. The fraction of sp³-hybridized carbons (Fsp3) is 0.0909. The maximum absolute atomic E-state index is 12.7. The first kappa shape index (κ1) is 17.5. The SMILES string of the molecule is O=C(Cn1c2ccccc2c(=O)c2ccccc21)OCc1ccc(Br)cc1. The van der Waals surface area contributed by atoms with E-state index in [4.69, 9.17) is 4.74 Å². The highest BCUT2D eigenvalue weighted by atomic mass is 79.9. The molecule has 0 bridgehead atoms. The van der Waals surface area contributed by atoms with Crippen LogP contribution in [-0.4, -0.2) is 10.5 Å². The van der Waals surface area contributed by atoms with E-state index in [0.717, 1.165) is 21.1 Å². The number of benzene rings is 3. The number of fused-ring (bicyclic) bond motifs is 2. The first-order valence-electron chi connectivity index (χ1n) is 8.54. The zero-order valence-electron chi connectivity index (χ0n) is 14.4. The first-order chi connectivity index (χ1) is 13.1. The summed E-state index contributed by atoms with van der Waals surface area (Å²) in [5, 5.41) is 1.19. The highest BCUT2D eigenvalue weighted by molar-refractivity contribution is 9.10. The van der Waals surface area contributed by atoms with Gasteiger partial charge in [0.1, 0.15) is 13.2 Å². The molecule has 0 unspecified atom stereocenters. The van der Waals surface area contributed by atoms with Crippen LogP contribution < -0.4 is 5.43 Å². The quantitative estimate of drug-likeness (QED) is 0.355. The molecular weight excluding hydrogens is 406 g/mol. The summed E-state index contributed by atoms with van der Waals surface area (Å²) in [5.74, 6) is -0.350. The second kappa shape index (κ2) is 7.37. The minimum atomic E-state index is -0.350. The Morgan fingerprint density at radius 2 is 1.41 bits per heavy atom. The third-order valence-electron chi connectivity index (χ3n) is 4.48. The lowest BCUT2D eigenvalue weighted by atomic mass is 10.1. The van der Waals surface area contributed by atoms with Gasteiger partial charge in [-0.15, -0.1) is 0 Å². The van der Waals surface area contributed by atoms with Crippen LogP contribution in [0.1, 0.15) is 5.56 Å². The van der Waals surface area contributed by atoms with Crippen molar-refractivity contribution in [2.45, 2.75) is 13.2 Å². The van der Waals surface area contributed by atoms with Crippen LogP contribution in [0.25, 0.3) is 21.8 Å². The van der Waals surface area contributed by atoms with Crippen LogP contribution in [0.5, 0.6) is 0 Å². The largest absolute Gasteiger partial charge is 0.459 e. The Balaban J connectivity index is 1.68. The Morgan fingerprint density at radius 3 is 2.00 bits per heavy atom. The molecule has 0 N–H and O–H groups in total. The highest BCUT2D eigenvalue weighted by Crippen LogP contribution is 2.19. The molecule has 0 radical (unpaired) electrons. The third kappa shape index (κ3) is 3.51. The predicted molar refractivity (Wildman–Crippen MR) is 110 cm³/mol. The molecule has 0 spiro atoms. The standard InChI is InChI=1S/C22H16BrNO3/c23-16-11-9-15(10-12-16)14-27-21(25)13-24-19-7-3-1-5-17(19)22(26)18-6-2-4-8-20(18)24/h1-12H,13-14H2. The molecule has 0 atom stereocenters. The number of ether oxygens (including phenoxy) is 1. The molecule has 0 fully saturated rings. The van der Waals surface area contributed by atoms with E-state index in [0.29, 0.717) is 10.8 Å². The highest BCUT2D eigenvalue weighted by Gasteiger charge is 2.13. The lowest BCUT2D eigenvalue weighted by Gasteiger charge is -2.14. The molecule has 134 valence electrons. The van der Waals surface area contributed by atoms with E-state index < -0.39 is 0 Å². The van der Waals surface area contributed by atoms with Gasteiger partial charge in [-0.1, -0.05) is 52.3 Å². The van der Waals surface area contributed by atoms with Crippen molar-refractivity contribution >= 4 is 43.7 Å². The van der Waals surface area contributed by atoms with E-state index in [1.54, 1.807) is 12.1 Å². The van der Waals surface area contributed by atoms with E-state index in [9.17, 15) is 9.59 Å². The summed E-state index contributed by atoms with van der Waals surface area (Å²) in [4.78, 5) is 25.2. The molecule has 5 heteroatoms. The Bertz CT molecular complexity index is 1140. The first-order valence-corrected chi connectivity index (χ1v) is 9.33. The lowest BCUT2D eigenvalue weighted by molar-refractivity contribution is -0.145.